The molecule has 2 amide bonds. The summed E-state index contributed by atoms with van der Waals surface area (Å²) in [6, 6.07) is 7.89. The van der Waals surface area contributed by atoms with Crippen LogP contribution in [0.3, 0.4) is 0 Å². The van der Waals surface area contributed by atoms with E-state index in [2.05, 4.69) is 28.7 Å². The van der Waals surface area contributed by atoms with Crippen LogP contribution in [0.25, 0.3) is 6.08 Å². The minimum Gasteiger partial charge on any atom is -0.369 e. The summed E-state index contributed by atoms with van der Waals surface area (Å²) in [5, 5.41) is 2.66. The lowest BCUT2D eigenvalue weighted by molar-refractivity contribution is -0.128. The number of likely N-dealkylation sites (N-methyl/N-ethyl adjacent to an activating group) is 1. The van der Waals surface area contributed by atoms with E-state index in [4.69, 9.17) is 12.2 Å². The highest BCUT2D eigenvalue weighted by atomic mass is 32.1. The number of benzene rings is 1. The number of carbonyl (C=O) groups excluding carboxylic acids is 2. The van der Waals surface area contributed by atoms with E-state index in [1.807, 2.05) is 24.3 Å². The fourth-order valence-electron chi connectivity index (χ4n) is 3.00. The van der Waals surface area contributed by atoms with Crippen molar-refractivity contribution in [1.82, 2.24) is 15.1 Å². The fraction of sp³-hybridized carbons (Fsp3) is 0.316. The average Bonchev–Trinajstić information content (AvgIpc) is 2.63. The topological polar surface area (TPSA) is 55.9 Å². The second-order valence-electron chi connectivity index (χ2n) is 6.40. The van der Waals surface area contributed by atoms with Crippen molar-refractivity contribution >= 4 is 40.9 Å². The molecule has 2 heterocycles. The molecule has 6 nitrogen and oxygen atoms in total. The number of nitrogens with one attached hydrogen (secondary N) is 1. The van der Waals surface area contributed by atoms with Crippen LogP contribution in [-0.4, -0.2) is 66.5 Å². The van der Waals surface area contributed by atoms with Gasteiger partial charge in [-0.25, -0.2) is 0 Å². The molecule has 136 valence electrons. The van der Waals surface area contributed by atoms with Crippen molar-refractivity contribution in [2.24, 2.45) is 0 Å². The number of carbonyl (C=O) groups is 2. The summed E-state index contributed by atoms with van der Waals surface area (Å²) in [5.74, 6) is -0.870. The highest BCUT2D eigenvalue weighted by molar-refractivity contribution is 7.80. The molecule has 1 aromatic rings. The molecule has 1 N–H and O–H groups in total. The lowest BCUT2D eigenvalue weighted by Gasteiger charge is -2.34. The van der Waals surface area contributed by atoms with Crippen LogP contribution in [0, 0.1) is 0 Å². The van der Waals surface area contributed by atoms with Crippen molar-refractivity contribution in [1.29, 1.82) is 0 Å². The largest absolute Gasteiger partial charge is 0.369 e. The number of rotatable bonds is 4. The Kier molecular flexibility index (Phi) is 5.49. The fourth-order valence-corrected chi connectivity index (χ4v) is 3.25. The van der Waals surface area contributed by atoms with Gasteiger partial charge in [0.15, 0.2) is 5.11 Å². The zero-order valence-electron chi connectivity index (χ0n) is 14.8. The number of hydrogen-bond donors (Lipinski definition) is 1. The van der Waals surface area contributed by atoms with Crippen LogP contribution < -0.4 is 10.2 Å². The summed E-state index contributed by atoms with van der Waals surface area (Å²) in [4.78, 5) is 30.7. The first-order chi connectivity index (χ1) is 12.5. The molecule has 2 aliphatic rings. The van der Waals surface area contributed by atoms with Crippen molar-refractivity contribution < 1.29 is 9.59 Å². The monoisotopic (exact) mass is 370 g/mol. The smallest absolute Gasteiger partial charge is 0.265 e. The number of nitrogens with zero attached hydrogens (tertiary/aromatic N) is 3. The maximum atomic E-state index is 12.5. The van der Waals surface area contributed by atoms with Gasteiger partial charge in [-0.2, -0.15) is 0 Å². The van der Waals surface area contributed by atoms with Crippen molar-refractivity contribution in [3.8, 4) is 0 Å². The van der Waals surface area contributed by atoms with E-state index in [-0.39, 0.29) is 17.2 Å². The van der Waals surface area contributed by atoms with Gasteiger partial charge in [0.1, 0.15) is 5.57 Å². The van der Waals surface area contributed by atoms with Crippen LogP contribution in [-0.2, 0) is 9.59 Å². The summed E-state index contributed by atoms with van der Waals surface area (Å²) in [7, 11) is 2.13. The number of anilines is 1. The standard InChI is InChI=1S/C19H22N4O2S/c1-3-8-23-18(25)16(17(24)20-19(23)26)13-14-4-6-15(7-5-14)22-11-9-21(2)10-12-22/h3-7,13H,1,8-12H2,2H3,(H,20,24,26)/b16-13+. The third-order valence-corrected chi connectivity index (χ3v) is 4.89. The average molecular weight is 370 g/mol. The third-order valence-electron chi connectivity index (χ3n) is 4.57. The molecule has 0 saturated carbocycles. The maximum absolute atomic E-state index is 12.5. The summed E-state index contributed by atoms with van der Waals surface area (Å²) in [5.41, 5.74) is 2.02. The van der Waals surface area contributed by atoms with Gasteiger partial charge in [0.05, 0.1) is 0 Å². The molecule has 3 rings (SSSR count). The number of piperazine rings is 1. The Morgan fingerprint density at radius 3 is 2.42 bits per heavy atom. The van der Waals surface area contributed by atoms with Gasteiger partial charge in [-0.1, -0.05) is 18.2 Å². The van der Waals surface area contributed by atoms with Crippen LogP contribution >= 0.6 is 12.2 Å². The highest BCUT2D eigenvalue weighted by Crippen LogP contribution is 2.20. The second-order valence-corrected chi connectivity index (χ2v) is 6.79. The van der Waals surface area contributed by atoms with E-state index in [0.717, 1.165) is 37.4 Å². The number of hydrogen-bond acceptors (Lipinski definition) is 5. The van der Waals surface area contributed by atoms with Crippen molar-refractivity contribution in [3.63, 3.8) is 0 Å². The van der Waals surface area contributed by atoms with Crippen molar-refractivity contribution in [2.75, 3.05) is 44.7 Å². The SMILES string of the molecule is C=CCN1C(=O)/C(=C/c2ccc(N3CCN(C)CC3)cc2)C(=O)NC1=S. The Bertz CT molecular complexity index is 764. The minimum absolute atomic E-state index is 0.0767. The van der Waals surface area contributed by atoms with Crippen LogP contribution in [0.4, 0.5) is 5.69 Å². The molecule has 1 aromatic carbocycles. The summed E-state index contributed by atoms with van der Waals surface area (Å²) in [6.07, 6.45) is 3.17. The Morgan fingerprint density at radius 1 is 1.15 bits per heavy atom. The summed E-state index contributed by atoms with van der Waals surface area (Å²) < 4.78 is 0. The van der Waals surface area contributed by atoms with E-state index in [1.54, 1.807) is 12.2 Å². The van der Waals surface area contributed by atoms with E-state index >= 15 is 0 Å². The Morgan fingerprint density at radius 2 is 1.81 bits per heavy atom. The van der Waals surface area contributed by atoms with Crippen LogP contribution in [0.2, 0.25) is 0 Å². The number of thiocarbonyl (C=S) groups is 1. The maximum Gasteiger partial charge on any atom is 0.265 e. The van der Waals surface area contributed by atoms with Gasteiger partial charge in [-0.05, 0) is 43.0 Å². The highest BCUT2D eigenvalue weighted by Gasteiger charge is 2.32. The molecule has 0 spiro atoms. The molecule has 2 fully saturated rings. The molecule has 2 saturated heterocycles. The van der Waals surface area contributed by atoms with Crippen LogP contribution in [0.1, 0.15) is 5.56 Å². The van der Waals surface area contributed by atoms with E-state index < -0.39 is 11.8 Å². The Hall–Kier alpha value is -2.51. The molecule has 0 bridgehead atoms. The molecule has 0 atom stereocenters. The predicted molar refractivity (Wildman–Crippen MR) is 107 cm³/mol. The van der Waals surface area contributed by atoms with Gasteiger partial charge in [0, 0.05) is 38.4 Å². The van der Waals surface area contributed by atoms with E-state index in [0.29, 0.717) is 0 Å². The summed E-state index contributed by atoms with van der Waals surface area (Å²) in [6.45, 7) is 7.94. The Labute approximate surface area is 158 Å². The zero-order chi connectivity index (χ0) is 18.7. The Balaban J connectivity index is 1.78. The summed E-state index contributed by atoms with van der Waals surface area (Å²) >= 11 is 5.05. The van der Waals surface area contributed by atoms with E-state index in [9.17, 15) is 9.59 Å². The first kappa shape index (κ1) is 18.3. The minimum atomic E-state index is -0.469. The normalized spacial score (nSPS) is 20.5. The lowest BCUT2D eigenvalue weighted by Crippen LogP contribution is -2.53. The third kappa shape index (κ3) is 3.84. The van der Waals surface area contributed by atoms with Gasteiger partial charge in [0.25, 0.3) is 11.8 Å². The predicted octanol–water partition coefficient (Wildman–Crippen LogP) is 1.25. The van der Waals surface area contributed by atoms with Gasteiger partial charge in [-0.3, -0.25) is 19.8 Å². The molecular formula is C19H22N4O2S. The molecule has 0 aromatic heterocycles. The zero-order valence-corrected chi connectivity index (χ0v) is 15.6. The van der Waals surface area contributed by atoms with Crippen LogP contribution in [0.5, 0.6) is 0 Å². The molecule has 0 aliphatic carbocycles. The molecule has 0 radical (unpaired) electrons. The first-order valence-electron chi connectivity index (χ1n) is 8.53. The molecule has 0 unspecified atom stereocenters. The lowest BCUT2D eigenvalue weighted by atomic mass is 10.1. The van der Waals surface area contributed by atoms with Gasteiger partial charge in [-0.15, -0.1) is 6.58 Å². The van der Waals surface area contributed by atoms with Gasteiger partial charge in [0.2, 0.25) is 0 Å². The van der Waals surface area contributed by atoms with Crippen molar-refractivity contribution in [2.45, 2.75) is 0 Å². The molecule has 7 heteroatoms. The molecule has 26 heavy (non-hydrogen) atoms. The number of amides is 2. The van der Waals surface area contributed by atoms with Crippen LogP contribution in [0.15, 0.2) is 42.5 Å². The quantitative estimate of drug-likeness (QED) is 0.374. The van der Waals surface area contributed by atoms with Crippen molar-refractivity contribution in [3.05, 3.63) is 48.1 Å². The second kappa shape index (κ2) is 7.80. The van der Waals surface area contributed by atoms with Gasteiger partial charge >= 0.3 is 0 Å². The van der Waals surface area contributed by atoms with Gasteiger partial charge < -0.3 is 9.80 Å². The first-order valence-corrected chi connectivity index (χ1v) is 8.94. The molecule has 2 aliphatic heterocycles. The van der Waals surface area contributed by atoms with E-state index in [1.165, 1.54) is 4.90 Å². The molecular weight excluding hydrogens is 348 g/mol.